The van der Waals surface area contributed by atoms with Crippen LogP contribution in [0, 0.1) is 5.92 Å². The fourth-order valence-corrected chi connectivity index (χ4v) is 3.17. The summed E-state index contributed by atoms with van der Waals surface area (Å²) in [5.74, 6) is -6.23. The van der Waals surface area contributed by atoms with Crippen molar-refractivity contribution < 1.29 is 39.0 Å². The van der Waals surface area contributed by atoms with Gasteiger partial charge < -0.3 is 37.2 Å². The van der Waals surface area contributed by atoms with Gasteiger partial charge in [-0.15, -0.1) is 0 Å². The number of carboxylic acid groups (broad SMARTS) is 2. The molecular formula is C19H31N5O8. The Hall–Kier alpha value is -3.22. The minimum absolute atomic E-state index is 0.256. The first-order valence-corrected chi connectivity index (χ1v) is 10.3. The van der Waals surface area contributed by atoms with Crippen LogP contribution in [-0.4, -0.2) is 76.5 Å². The molecule has 13 nitrogen and oxygen atoms in total. The summed E-state index contributed by atoms with van der Waals surface area (Å²) in [6.45, 7) is 3.76. The van der Waals surface area contributed by atoms with Crippen molar-refractivity contribution in [3.63, 3.8) is 0 Å². The van der Waals surface area contributed by atoms with Crippen LogP contribution in [0.2, 0.25) is 0 Å². The van der Waals surface area contributed by atoms with E-state index >= 15 is 0 Å². The van der Waals surface area contributed by atoms with Crippen LogP contribution in [0.3, 0.4) is 0 Å². The van der Waals surface area contributed by atoms with Gasteiger partial charge in [0.15, 0.2) is 0 Å². The Morgan fingerprint density at radius 1 is 1.00 bits per heavy atom. The molecule has 0 radical (unpaired) electrons. The predicted octanol–water partition coefficient (Wildman–Crippen LogP) is -2.33. The number of hydrogen-bond acceptors (Lipinski definition) is 7. The molecule has 4 amide bonds. The first-order chi connectivity index (χ1) is 14.9. The van der Waals surface area contributed by atoms with Crippen LogP contribution in [-0.2, 0) is 28.8 Å². The van der Waals surface area contributed by atoms with Crippen LogP contribution < -0.4 is 27.0 Å². The van der Waals surface area contributed by atoms with Crippen molar-refractivity contribution in [1.82, 2.24) is 21.3 Å². The maximum atomic E-state index is 12.8. The maximum Gasteiger partial charge on any atom is 0.326 e. The van der Waals surface area contributed by atoms with Gasteiger partial charge in [-0.1, -0.05) is 13.8 Å². The smallest absolute Gasteiger partial charge is 0.326 e. The highest BCUT2D eigenvalue weighted by Crippen LogP contribution is 2.08. The molecule has 0 spiro atoms. The number of aliphatic carboxylic acids is 2. The van der Waals surface area contributed by atoms with Gasteiger partial charge in [-0.25, -0.2) is 4.79 Å². The minimum Gasteiger partial charge on any atom is -0.481 e. The van der Waals surface area contributed by atoms with Crippen LogP contribution >= 0.6 is 0 Å². The van der Waals surface area contributed by atoms with Crippen LogP contribution in [0.4, 0.5) is 0 Å². The normalized spacial score (nSPS) is 18.3. The van der Waals surface area contributed by atoms with Gasteiger partial charge >= 0.3 is 11.9 Å². The Morgan fingerprint density at radius 3 is 2.09 bits per heavy atom. The van der Waals surface area contributed by atoms with Crippen LogP contribution in [0.25, 0.3) is 0 Å². The number of carbonyl (C=O) groups is 6. The predicted molar refractivity (Wildman–Crippen MR) is 110 cm³/mol. The molecule has 4 unspecified atom stereocenters. The number of amides is 4. The summed E-state index contributed by atoms with van der Waals surface area (Å²) < 4.78 is 0. The summed E-state index contributed by atoms with van der Waals surface area (Å²) in [6, 6.07) is -4.59. The number of hydrogen-bond donors (Lipinski definition) is 7. The lowest BCUT2D eigenvalue weighted by atomic mass is 10.0. The molecule has 0 saturated carbocycles. The van der Waals surface area contributed by atoms with Crippen molar-refractivity contribution in [3.8, 4) is 0 Å². The second-order valence-electron chi connectivity index (χ2n) is 7.94. The fraction of sp³-hybridized carbons (Fsp3) is 0.684. The average Bonchev–Trinajstić information content (AvgIpc) is 3.22. The molecule has 0 aromatic rings. The van der Waals surface area contributed by atoms with Gasteiger partial charge in [0.2, 0.25) is 23.6 Å². The second-order valence-corrected chi connectivity index (χ2v) is 7.94. The summed E-state index contributed by atoms with van der Waals surface area (Å²) in [6.07, 6.45) is 0.0146. The van der Waals surface area contributed by atoms with Crippen molar-refractivity contribution in [2.24, 2.45) is 11.7 Å². The monoisotopic (exact) mass is 457 g/mol. The third kappa shape index (κ3) is 8.88. The molecule has 0 aromatic carbocycles. The molecule has 1 aliphatic rings. The van der Waals surface area contributed by atoms with Gasteiger partial charge in [0.25, 0.3) is 0 Å². The van der Waals surface area contributed by atoms with Crippen molar-refractivity contribution in [2.75, 3.05) is 6.54 Å². The topological polar surface area (TPSA) is 217 Å². The lowest BCUT2D eigenvalue weighted by Crippen LogP contribution is -2.58. The van der Waals surface area contributed by atoms with Gasteiger partial charge in [-0.2, -0.15) is 0 Å². The lowest BCUT2D eigenvalue weighted by molar-refractivity contribution is -0.143. The summed E-state index contributed by atoms with van der Waals surface area (Å²) in [5, 5.41) is 28.1. The molecule has 4 atom stereocenters. The van der Waals surface area contributed by atoms with Crippen LogP contribution in [0.15, 0.2) is 0 Å². The number of nitrogens with two attached hydrogens (primary N) is 1. The van der Waals surface area contributed by atoms with E-state index < -0.39 is 78.5 Å². The number of nitrogens with one attached hydrogen (secondary N) is 4. The molecule has 1 heterocycles. The number of carbonyl (C=O) groups excluding carboxylic acids is 4. The Kier molecular flexibility index (Phi) is 10.5. The van der Waals surface area contributed by atoms with Crippen molar-refractivity contribution >= 4 is 35.6 Å². The fourth-order valence-electron chi connectivity index (χ4n) is 3.17. The number of rotatable bonds is 13. The van der Waals surface area contributed by atoms with Crippen molar-refractivity contribution in [1.29, 1.82) is 0 Å². The van der Waals surface area contributed by atoms with E-state index in [1.807, 2.05) is 0 Å². The third-order valence-corrected chi connectivity index (χ3v) is 4.93. The molecule has 1 fully saturated rings. The molecule has 180 valence electrons. The number of primary amides is 1. The lowest BCUT2D eigenvalue weighted by Gasteiger charge is -2.25. The van der Waals surface area contributed by atoms with E-state index in [-0.39, 0.29) is 6.42 Å². The average molecular weight is 457 g/mol. The quantitative estimate of drug-likeness (QED) is 0.158. The van der Waals surface area contributed by atoms with Gasteiger partial charge in [-0.05, 0) is 31.7 Å². The molecule has 1 rings (SSSR count). The van der Waals surface area contributed by atoms with Crippen LogP contribution in [0.5, 0.6) is 0 Å². The molecule has 0 aromatic heterocycles. The van der Waals surface area contributed by atoms with Gasteiger partial charge in [0, 0.05) is 6.42 Å². The molecule has 1 saturated heterocycles. The standard InChI is InChI=1S/C19H31N5O8/c1-9(2)15(19(31)32)24-18(30)12(8-13(20)25)23-17(29)11(5-6-14(26)27)22-16(28)10-4-3-7-21-10/h9-12,15,21H,3-8H2,1-2H3,(H2,20,25)(H,22,28)(H,23,29)(H,24,30)(H,26,27)(H,31,32). The zero-order valence-corrected chi connectivity index (χ0v) is 18.1. The highest BCUT2D eigenvalue weighted by molar-refractivity contribution is 5.96. The molecule has 13 heteroatoms. The SMILES string of the molecule is CC(C)C(NC(=O)C(CC(N)=O)NC(=O)C(CCC(=O)O)NC(=O)C1CCCN1)C(=O)O. The van der Waals surface area contributed by atoms with Gasteiger partial charge in [-0.3, -0.25) is 24.0 Å². The Balaban J connectivity index is 2.95. The zero-order chi connectivity index (χ0) is 24.4. The summed E-state index contributed by atoms with van der Waals surface area (Å²) in [4.78, 5) is 71.4. The molecule has 1 aliphatic heterocycles. The molecule has 8 N–H and O–H groups in total. The van der Waals surface area contributed by atoms with Crippen molar-refractivity contribution in [3.05, 3.63) is 0 Å². The summed E-state index contributed by atoms with van der Waals surface area (Å²) in [5.41, 5.74) is 5.15. The van der Waals surface area contributed by atoms with E-state index in [9.17, 15) is 33.9 Å². The zero-order valence-electron chi connectivity index (χ0n) is 18.1. The van der Waals surface area contributed by atoms with Crippen molar-refractivity contribution in [2.45, 2.75) is 70.1 Å². The minimum atomic E-state index is -1.51. The Labute approximate surface area is 184 Å². The first-order valence-electron chi connectivity index (χ1n) is 10.3. The molecular weight excluding hydrogens is 426 g/mol. The van der Waals surface area contributed by atoms with Crippen LogP contribution in [0.1, 0.15) is 46.0 Å². The van der Waals surface area contributed by atoms with Gasteiger partial charge in [0.05, 0.1) is 12.5 Å². The Morgan fingerprint density at radius 2 is 1.62 bits per heavy atom. The van der Waals surface area contributed by atoms with E-state index in [1.54, 1.807) is 13.8 Å². The van der Waals surface area contributed by atoms with E-state index in [0.717, 1.165) is 6.42 Å². The highest BCUT2D eigenvalue weighted by Gasteiger charge is 2.33. The first kappa shape index (κ1) is 26.8. The molecule has 0 aliphatic carbocycles. The van der Waals surface area contributed by atoms with E-state index in [4.69, 9.17) is 10.8 Å². The number of carboxylic acids is 2. The summed E-state index contributed by atoms with van der Waals surface area (Å²) in [7, 11) is 0. The molecule has 0 bridgehead atoms. The summed E-state index contributed by atoms with van der Waals surface area (Å²) >= 11 is 0. The van der Waals surface area contributed by atoms with Gasteiger partial charge in [0.1, 0.15) is 18.1 Å². The second kappa shape index (κ2) is 12.6. The largest absolute Gasteiger partial charge is 0.481 e. The highest BCUT2D eigenvalue weighted by atomic mass is 16.4. The molecule has 32 heavy (non-hydrogen) atoms. The third-order valence-electron chi connectivity index (χ3n) is 4.93. The Bertz CT molecular complexity index is 735. The van der Waals surface area contributed by atoms with E-state index in [2.05, 4.69) is 21.3 Å². The van der Waals surface area contributed by atoms with E-state index in [1.165, 1.54) is 0 Å². The van der Waals surface area contributed by atoms with E-state index in [0.29, 0.717) is 13.0 Å². The maximum absolute atomic E-state index is 12.8.